The van der Waals surface area contributed by atoms with E-state index in [9.17, 15) is 10.1 Å². The zero-order valence-electron chi connectivity index (χ0n) is 14.3. The molecule has 0 aliphatic rings. The van der Waals surface area contributed by atoms with Crippen LogP contribution in [-0.4, -0.2) is 28.2 Å². The van der Waals surface area contributed by atoms with Crippen molar-refractivity contribution in [3.8, 4) is 17.0 Å². The maximum atomic E-state index is 10.9. The molecule has 0 aliphatic carbocycles. The molecule has 27 heavy (non-hydrogen) atoms. The Balaban J connectivity index is 1.92. The quantitative estimate of drug-likeness (QED) is 0.295. The van der Waals surface area contributed by atoms with E-state index in [0.29, 0.717) is 24.5 Å². The lowest BCUT2D eigenvalue weighted by Crippen LogP contribution is -2.01. The second-order valence-electron chi connectivity index (χ2n) is 6.00. The molecule has 0 spiro atoms. The summed E-state index contributed by atoms with van der Waals surface area (Å²) in [7, 11) is 0. The van der Waals surface area contributed by atoms with Crippen molar-refractivity contribution in [1.82, 2.24) is 4.98 Å². The van der Waals surface area contributed by atoms with Gasteiger partial charge in [-0.3, -0.25) is 10.1 Å². The summed E-state index contributed by atoms with van der Waals surface area (Å²) in [6.07, 6.45) is 1.79. The van der Waals surface area contributed by atoms with Gasteiger partial charge >= 0.3 is 0 Å². The molecule has 2 aromatic carbocycles. The summed E-state index contributed by atoms with van der Waals surface area (Å²) in [5.41, 5.74) is 1.39. The molecule has 6 nitrogen and oxygen atoms in total. The smallest absolute Gasteiger partial charge is 0.287 e. The van der Waals surface area contributed by atoms with E-state index in [1.165, 1.54) is 12.3 Å². The molecule has 0 fully saturated rings. The van der Waals surface area contributed by atoms with E-state index in [1.807, 2.05) is 24.3 Å². The van der Waals surface area contributed by atoms with Gasteiger partial charge in [-0.15, -0.1) is 11.3 Å². The third kappa shape index (κ3) is 3.22. The minimum Gasteiger partial charge on any atom is -0.493 e. The maximum Gasteiger partial charge on any atom is 0.287 e. The number of thiophene rings is 1. The van der Waals surface area contributed by atoms with Crippen LogP contribution in [-0.2, 0) is 0 Å². The summed E-state index contributed by atoms with van der Waals surface area (Å²) in [5.74, 6) is 0.656. The Bertz CT molecular complexity index is 1120. The number of pyridine rings is 1. The van der Waals surface area contributed by atoms with E-state index in [0.717, 1.165) is 25.7 Å². The van der Waals surface area contributed by atoms with Crippen LogP contribution in [0.5, 0.6) is 5.75 Å². The summed E-state index contributed by atoms with van der Waals surface area (Å²) in [6, 6.07) is 15.2. The highest BCUT2D eigenvalue weighted by Gasteiger charge is 2.17. The van der Waals surface area contributed by atoms with Crippen LogP contribution in [0.2, 0.25) is 0 Å². The largest absolute Gasteiger partial charge is 0.493 e. The summed E-state index contributed by atoms with van der Waals surface area (Å²) < 4.78 is 8.07. The number of hydrogen-bond donors (Lipinski definition) is 1. The number of rotatable bonds is 6. The van der Waals surface area contributed by atoms with Crippen molar-refractivity contribution in [2.75, 3.05) is 13.2 Å². The van der Waals surface area contributed by atoms with Crippen molar-refractivity contribution in [2.45, 2.75) is 6.42 Å². The maximum absolute atomic E-state index is 10.9. The summed E-state index contributed by atoms with van der Waals surface area (Å²) in [5, 5.41) is 22.2. The molecule has 0 aliphatic heterocycles. The van der Waals surface area contributed by atoms with E-state index in [4.69, 9.17) is 9.84 Å². The molecule has 2 heterocycles. The number of nitro groups is 1. The van der Waals surface area contributed by atoms with E-state index in [2.05, 4.69) is 17.1 Å². The number of aromatic nitrogens is 1. The highest BCUT2D eigenvalue weighted by molar-refractivity contribution is 7.26. The van der Waals surface area contributed by atoms with Crippen LogP contribution >= 0.6 is 11.3 Å². The van der Waals surface area contributed by atoms with E-state index in [-0.39, 0.29) is 12.3 Å². The fourth-order valence-electron chi connectivity index (χ4n) is 3.02. The highest BCUT2D eigenvalue weighted by Crippen LogP contribution is 2.44. The first-order valence-corrected chi connectivity index (χ1v) is 9.29. The Kier molecular flexibility index (Phi) is 4.70. The van der Waals surface area contributed by atoms with Crippen LogP contribution < -0.4 is 4.74 Å². The minimum absolute atomic E-state index is 0.0509. The summed E-state index contributed by atoms with van der Waals surface area (Å²) in [6.45, 7) is 0.434. The van der Waals surface area contributed by atoms with Crippen molar-refractivity contribution >= 4 is 37.2 Å². The van der Waals surface area contributed by atoms with E-state index < -0.39 is 4.92 Å². The monoisotopic (exact) mass is 380 g/mol. The Morgan fingerprint density at radius 2 is 1.96 bits per heavy atom. The molecule has 0 atom stereocenters. The van der Waals surface area contributed by atoms with Crippen molar-refractivity contribution < 1.29 is 14.8 Å². The van der Waals surface area contributed by atoms with Crippen LogP contribution in [0, 0.1) is 10.1 Å². The van der Waals surface area contributed by atoms with Crippen LogP contribution in [0.15, 0.2) is 54.7 Å². The lowest BCUT2D eigenvalue weighted by Gasteiger charge is -2.12. The predicted octanol–water partition coefficient (Wildman–Crippen LogP) is 4.79. The van der Waals surface area contributed by atoms with Gasteiger partial charge in [0.05, 0.1) is 22.8 Å². The lowest BCUT2D eigenvalue weighted by atomic mass is 10.1. The van der Waals surface area contributed by atoms with Gasteiger partial charge in [0, 0.05) is 39.3 Å². The van der Waals surface area contributed by atoms with Gasteiger partial charge in [-0.25, -0.2) is 4.98 Å². The molecule has 7 heteroatoms. The Morgan fingerprint density at radius 1 is 1.11 bits per heavy atom. The first-order valence-electron chi connectivity index (χ1n) is 8.48. The second kappa shape index (κ2) is 7.30. The number of fused-ring (bicyclic) bond motifs is 3. The first-order chi connectivity index (χ1) is 13.2. The predicted molar refractivity (Wildman–Crippen MR) is 106 cm³/mol. The second-order valence-corrected chi connectivity index (χ2v) is 7.05. The average molecular weight is 380 g/mol. The number of aliphatic hydroxyl groups is 1. The minimum atomic E-state index is -0.463. The highest BCUT2D eigenvalue weighted by atomic mass is 32.1. The molecule has 0 unspecified atom stereocenters. The number of nitrogens with zero attached hydrogens (tertiary/aromatic N) is 2. The number of hydrogen-bond acceptors (Lipinski definition) is 6. The average Bonchev–Trinajstić information content (AvgIpc) is 3.06. The van der Waals surface area contributed by atoms with Crippen LogP contribution in [0.4, 0.5) is 5.69 Å². The van der Waals surface area contributed by atoms with Crippen LogP contribution in [0.3, 0.4) is 0 Å². The molecule has 4 rings (SSSR count). The summed E-state index contributed by atoms with van der Waals surface area (Å²) in [4.78, 5) is 14.8. The lowest BCUT2D eigenvalue weighted by molar-refractivity contribution is -0.385. The Morgan fingerprint density at radius 3 is 2.70 bits per heavy atom. The number of ether oxygens (including phenoxy) is 1. The zero-order valence-corrected chi connectivity index (χ0v) is 15.1. The molecule has 0 radical (unpaired) electrons. The van der Waals surface area contributed by atoms with Gasteiger partial charge < -0.3 is 9.84 Å². The number of benzene rings is 2. The molecular weight excluding hydrogens is 364 g/mol. The molecule has 0 bridgehead atoms. The fourth-order valence-corrected chi connectivity index (χ4v) is 4.27. The van der Waals surface area contributed by atoms with Gasteiger partial charge in [0.2, 0.25) is 0 Å². The Labute approximate surface area is 158 Å². The van der Waals surface area contributed by atoms with E-state index >= 15 is 0 Å². The molecular formula is C20H16N2O4S. The van der Waals surface area contributed by atoms with Crippen LogP contribution in [0.25, 0.3) is 31.4 Å². The van der Waals surface area contributed by atoms with Crippen LogP contribution in [0.1, 0.15) is 6.42 Å². The Hall–Kier alpha value is -3.03. The third-order valence-corrected chi connectivity index (χ3v) is 5.49. The number of aliphatic hydroxyl groups excluding tert-OH is 1. The van der Waals surface area contributed by atoms with Crippen molar-refractivity contribution in [1.29, 1.82) is 0 Å². The van der Waals surface area contributed by atoms with Gasteiger partial charge in [-0.1, -0.05) is 18.2 Å². The molecule has 1 N–H and O–H groups in total. The SMILES string of the molecule is O=[N+]([O-])c1ccc(-c2c(OCCCO)ccc3c2sc2ccccc23)nc1. The van der Waals surface area contributed by atoms with Gasteiger partial charge in [0.15, 0.2) is 0 Å². The normalized spacial score (nSPS) is 11.1. The van der Waals surface area contributed by atoms with Gasteiger partial charge in [-0.05, 0) is 24.3 Å². The standard InChI is InChI=1S/C20H16N2O4S/c23-10-3-11-26-17-9-7-15-14-4-1-2-5-18(14)27-20(15)19(17)16-8-6-13(12-21-16)22(24)25/h1-2,4-9,12,23H,3,10-11H2. The van der Waals surface area contributed by atoms with Gasteiger partial charge in [0.25, 0.3) is 5.69 Å². The van der Waals surface area contributed by atoms with Gasteiger partial charge in [-0.2, -0.15) is 0 Å². The molecule has 2 aromatic heterocycles. The van der Waals surface area contributed by atoms with Crippen molar-refractivity contribution in [2.24, 2.45) is 0 Å². The topological polar surface area (TPSA) is 85.5 Å². The first kappa shape index (κ1) is 17.4. The third-order valence-electron chi connectivity index (χ3n) is 4.28. The fraction of sp³-hybridized carbons (Fsp3) is 0.150. The molecule has 136 valence electrons. The zero-order chi connectivity index (χ0) is 18.8. The van der Waals surface area contributed by atoms with Gasteiger partial charge in [0.1, 0.15) is 11.9 Å². The summed E-state index contributed by atoms with van der Waals surface area (Å²) >= 11 is 1.64. The van der Waals surface area contributed by atoms with Crippen molar-refractivity contribution in [3.63, 3.8) is 0 Å². The molecule has 0 amide bonds. The molecule has 4 aromatic rings. The molecule has 0 saturated heterocycles. The van der Waals surface area contributed by atoms with E-state index in [1.54, 1.807) is 17.4 Å². The molecule has 0 saturated carbocycles. The van der Waals surface area contributed by atoms with Crippen molar-refractivity contribution in [3.05, 3.63) is 64.8 Å².